The van der Waals surface area contributed by atoms with E-state index in [1.807, 2.05) is 0 Å². The van der Waals surface area contributed by atoms with E-state index in [1.165, 1.54) is 12.1 Å². The van der Waals surface area contributed by atoms with Crippen LogP contribution in [0.1, 0.15) is 5.56 Å². The van der Waals surface area contributed by atoms with Gasteiger partial charge >= 0.3 is 6.18 Å². The molecule has 0 bridgehead atoms. The van der Waals surface area contributed by atoms with Gasteiger partial charge in [0, 0.05) is 5.57 Å². The van der Waals surface area contributed by atoms with Crippen LogP contribution < -0.4 is 4.74 Å². The molecule has 1 aromatic carbocycles. The van der Waals surface area contributed by atoms with Crippen molar-refractivity contribution in [1.82, 2.24) is 0 Å². The molecule has 1 aromatic rings. The van der Waals surface area contributed by atoms with Crippen molar-refractivity contribution in [2.45, 2.75) is 6.18 Å². The molecule has 0 atom stereocenters. The van der Waals surface area contributed by atoms with E-state index in [0.717, 1.165) is 30.4 Å². The summed E-state index contributed by atoms with van der Waals surface area (Å²) >= 11 is 0. The molecule has 0 heterocycles. The molecule has 0 saturated carbocycles. The number of carbonyl (C=O) groups is 2. The molecule has 0 amide bonds. The van der Waals surface area contributed by atoms with Gasteiger partial charge in [-0.05, 0) is 36.4 Å². The highest BCUT2D eigenvalue weighted by Crippen LogP contribution is 2.31. The molecule has 0 fully saturated rings. The normalized spacial score (nSPS) is 15.2. The second kappa shape index (κ2) is 5.32. The fraction of sp³-hybridized carbons (Fsp3) is 0.143. The predicted molar refractivity (Wildman–Crippen MR) is 64.2 cm³/mol. The third-order valence-corrected chi connectivity index (χ3v) is 2.59. The lowest BCUT2D eigenvalue weighted by Crippen LogP contribution is -2.14. The Kier molecular flexibility index (Phi) is 3.74. The second-order valence-electron chi connectivity index (χ2n) is 4.08. The Labute approximate surface area is 112 Å². The van der Waals surface area contributed by atoms with Gasteiger partial charge in [-0.2, -0.15) is 13.2 Å². The largest absolute Gasteiger partial charge is 0.489 e. The smallest absolute Gasteiger partial charge is 0.416 e. The molecule has 0 aromatic heterocycles. The first kappa shape index (κ1) is 14.0. The topological polar surface area (TPSA) is 43.4 Å². The maximum Gasteiger partial charge on any atom is 0.416 e. The number of halogens is 3. The van der Waals surface area contributed by atoms with Crippen LogP contribution in [0.4, 0.5) is 13.2 Å². The summed E-state index contributed by atoms with van der Waals surface area (Å²) in [6.45, 7) is -0.254. The lowest BCUT2D eigenvalue weighted by molar-refractivity contribution is -0.137. The van der Waals surface area contributed by atoms with Crippen molar-refractivity contribution < 1.29 is 27.5 Å². The number of ether oxygens (including phenoxy) is 1. The lowest BCUT2D eigenvalue weighted by Gasteiger charge is -2.11. The second-order valence-corrected chi connectivity index (χ2v) is 4.08. The van der Waals surface area contributed by atoms with E-state index in [-0.39, 0.29) is 23.7 Å². The number of benzene rings is 1. The maximum absolute atomic E-state index is 12.5. The molecule has 20 heavy (non-hydrogen) atoms. The molecule has 0 unspecified atom stereocenters. The summed E-state index contributed by atoms with van der Waals surface area (Å²) in [6, 6.07) is 4.32. The van der Waals surface area contributed by atoms with Crippen LogP contribution in [-0.4, -0.2) is 18.2 Å². The molecule has 104 valence electrons. The van der Waals surface area contributed by atoms with Gasteiger partial charge in [0.15, 0.2) is 11.6 Å². The number of allylic oxidation sites excluding steroid dienone is 3. The van der Waals surface area contributed by atoms with Gasteiger partial charge < -0.3 is 4.74 Å². The van der Waals surface area contributed by atoms with Crippen molar-refractivity contribution in [2.24, 2.45) is 0 Å². The summed E-state index contributed by atoms with van der Waals surface area (Å²) in [5.74, 6) is -0.764. The number of ketones is 2. The van der Waals surface area contributed by atoms with Crippen molar-refractivity contribution in [3.63, 3.8) is 0 Å². The van der Waals surface area contributed by atoms with Crippen LogP contribution in [0.5, 0.6) is 5.75 Å². The summed E-state index contributed by atoms with van der Waals surface area (Å²) in [4.78, 5) is 22.5. The molecular weight excluding hydrogens is 273 g/mol. The zero-order chi connectivity index (χ0) is 14.8. The predicted octanol–water partition coefficient (Wildman–Crippen LogP) is 2.72. The van der Waals surface area contributed by atoms with Gasteiger partial charge in [-0.3, -0.25) is 9.59 Å². The monoisotopic (exact) mass is 282 g/mol. The Morgan fingerprint density at radius 1 is 1.10 bits per heavy atom. The van der Waals surface area contributed by atoms with E-state index >= 15 is 0 Å². The minimum atomic E-state index is -4.46. The number of alkyl halides is 3. The van der Waals surface area contributed by atoms with Crippen molar-refractivity contribution >= 4 is 11.6 Å². The summed E-state index contributed by atoms with van der Waals surface area (Å²) in [5, 5.41) is 0. The maximum atomic E-state index is 12.5. The number of hydrogen-bond acceptors (Lipinski definition) is 3. The molecule has 3 nitrogen and oxygen atoms in total. The first-order valence-corrected chi connectivity index (χ1v) is 5.63. The molecule has 1 aliphatic carbocycles. The Hall–Kier alpha value is -2.37. The van der Waals surface area contributed by atoms with E-state index in [1.54, 1.807) is 0 Å². The Morgan fingerprint density at radius 2 is 1.85 bits per heavy atom. The van der Waals surface area contributed by atoms with E-state index in [9.17, 15) is 22.8 Å². The van der Waals surface area contributed by atoms with Crippen LogP contribution in [0.15, 0.2) is 48.1 Å². The van der Waals surface area contributed by atoms with Gasteiger partial charge in [0.1, 0.15) is 12.4 Å². The fourth-order valence-corrected chi connectivity index (χ4v) is 1.59. The summed E-state index contributed by atoms with van der Waals surface area (Å²) < 4.78 is 42.6. The minimum absolute atomic E-state index is 0.0180. The van der Waals surface area contributed by atoms with Crippen molar-refractivity contribution in [1.29, 1.82) is 0 Å². The van der Waals surface area contributed by atoms with Crippen LogP contribution in [0.25, 0.3) is 0 Å². The molecular formula is C14H9F3O3. The Morgan fingerprint density at radius 3 is 2.55 bits per heavy atom. The van der Waals surface area contributed by atoms with Crippen LogP contribution in [0.3, 0.4) is 0 Å². The third kappa shape index (κ3) is 3.34. The summed E-state index contributed by atoms with van der Waals surface area (Å²) in [6.07, 6.45) is -1.13. The van der Waals surface area contributed by atoms with Gasteiger partial charge in [-0.15, -0.1) is 0 Å². The molecule has 0 radical (unpaired) electrons. The van der Waals surface area contributed by atoms with E-state index < -0.39 is 17.5 Å². The third-order valence-electron chi connectivity index (χ3n) is 2.59. The van der Waals surface area contributed by atoms with Gasteiger partial charge in [0.25, 0.3) is 0 Å². The molecule has 0 aliphatic heterocycles. The molecule has 2 rings (SSSR count). The standard InChI is InChI=1S/C14H9F3O3/c15-14(16,17)10-2-1-3-12(7-10)20-8-9-6-11(18)4-5-13(9)19/h1-7H,8H2. The van der Waals surface area contributed by atoms with Gasteiger partial charge in [-0.1, -0.05) is 6.07 Å². The fourth-order valence-electron chi connectivity index (χ4n) is 1.59. The Bertz CT molecular complexity index is 612. The highest BCUT2D eigenvalue weighted by atomic mass is 19.4. The van der Waals surface area contributed by atoms with Crippen LogP contribution in [-0.2, 0) is 15.8 Å². The van der Waals surface area contributed by atoms with Crippen molar-refractivity contribution in [3.8, 4) is 5.75 Å². The first-order valence-electron chi connectivity index (χ1n) is 5.63. The lowest BCUT2D eigenvalue weighted by atomic mass is 10.0. The number of hydrogen-bond donors (Lipinski definition) is 0. The molecule has 0 spiro atoms. The molecule has 1 aliphatic rings. The average molecular weight is 282 g/mol. The van der Waals surface area contributed by atoms with Crippen molar-refractivity contribution in [2.75, 3.05) is 6.61 Å². The zero-order valence-corrected chi connectivity index (χ0v) is 10.1. The van der Waals surface area contributed by atoms with Crippen molar-refractivity contribution in [3.05, 3.63) is 53.6 Å². The SMILES string of the molecule is O=C1C=CC(=O)C(COc2cccc(C(F)(F)F)c2)=C1. The zero-order valence-electron chi connectivity index (χ0n) is 10.1. The molecule has 6 heteroatoms. The number of rotatable bonds is 3. The quantitative estimate of drug-likeness (QED) is 0.801. The van der Waals surface area contributed by atoms with Crippen LogP contribution in [0, 0.1) is 0 Å². The Balaban J connectivity index is 2.08. The summed E-state index contributed by atoms with van der Waals surface area (Å²) in [7, 11) is 0. The van der Waals surface area contributed by atoms with E-state index in [2.05, 4.69) is 0 Å². The number of carbonyl (C=O) groups excluding carboxylic acids is 2. The summed E-state index contributed by atoms with van der Waals surface area (Å²) in [5.41, 5.74) is -0.732. The van der Waals surface area contributed by atoms with Gasteiger partial charge in [0.2, 0.25) is 0 Å². The van der Waals surface area contributed by atoms with Crippen LogP contribution in [0.2, 0.25) is 0 Å². The van der Waals surface area contributed by atoms with E-state index in [4.69, 9.17) is 4.74 Å². The van der Waals surface area contributed by atoms with Gasteiger partial charge in [-0.25, -0.2) is 0 Å². The first-order chi connectivity index (χ1) is 9.36. The van der Waals surface area contributed by atoms with Crippen LogP contribution >= 0.6 is 0 Å². The molecule has 0 N–H and O–H groups in total. The minimum Gasteiger partial charge on any atom is -0.489 e. The highest BCUT2D eigenvalue weighted by Gasteiger charge is 2.30. The molecule has 0 saturated heterocycles. The van der Waals surface area contributed by atoms with E-state index in [0.29, 0.717) is 0 Å². The highest BCUT2D eigenvalue weighted by molar-refractivity contribution is 6.17. The van der Waals surface area contributed by atoms with Gasteiger partial charge in [0.05, 0.1) is 5.56 Å². The average Bonchev–Trinajstić information content (AvgIpc) is 2.39.